The highest BCUT2D eigenvalue weighted by atomic mass is 19.3. The first-order valence-corrected chi connectivity index (χ1v) is 10.9. The van der Waals surface area contributed by atoms with Crippen molar-refractivity contribution in [2.45, 2.75) is 45.1 Å². The summed E-state index contributed by atoms with van der Waals surface area (Å²) in [7, 11) is 0. The van der Waals surface area contributed by atoms with Crippen LogP contribution in [0.15, 0.2) is 42.5 Å². The van der Waals surface area contributed by atoms with E-state index in [2.05, 4.69) is 11.7 Å². The fraction of sp³-hybridized carbons (Fsp3) is 0.308. The number of hydrogen-bond donors (Lipinski definition) is 0. The molecule has 0 saturated heterocycles. The van der Waals surface area contributed by atoms with Crippen molar-refractivity contribution < 1.29 is 35.5 Å². The van der Waals surface area contributed by atoms with Crippen LogP contribution in [0, 0.1) is 35.0 Å². The Balaban J connectivity index is 1.61. The lowest BCUT2D eigenvalue weighted by Gasteiger charge is -2.20. The van der Waals surface area contributed by atoms with Gasteiger partial charge in [0.05, 0.1) is 0 Å². The molecule has 34 heavy (non-hydrogen) atoms. The van der Waals surface area contributed by atoms with Gasteiger partial charge in [-0.3, -0.25) is 0 Å². The van der Waals surface area contributed by atoms with Crippen LogP contribution >= 0.6 is 0 Å². The molecule has 0 saturated carbocycles. The zero-order chi connectivity index (χ0) is 24.6. The first-order chi connectivity index (χ1) is 16.1. The van der Waals surface area contributed by atoms with Crippen molar-refractivity contribution in [3.8, 4) is 16.9 Å². The van der Waals surface area contributed by atoms with E-state index in [9.17, 15) is 30.7 Å². The molecule has 0 N–H and O–H groups in total. The summed E-state index contributed by atoms with van der Waals surface area (Å²) in [5.41, 5.74) is 1.06. The highest BCUT2D eigenvalue weighted by Crippen LogP contribution is 2.39. The first-order valence-electron chi connectivity index (χ1n) is 10.9. The van der Waals surface area contributed by atoms with Gasteiger partial charge in [-0.15, -0.1) is 0 Å². The molecule has 0 fully saturated rings. The van der Waals surface area contributed by atoms with Gasteiger partial charge in [-0.25, -0.2) is 22.0 Å². The zero-order valence-corrected chi connectivity index (χ0v) is 18.2. The molecule has 0 radical (unpaired) electrons. The Labute approximate surface area is 192 Å². The van der Waals surface area contributed by atoms with E-state index in [1.165, 1.54) is 5.56 Å². The van der Waals surface area contributed by atoms with Gasteiger partial charge in [0.2, 0.25) is 0 Å². The van der Waals surface area contributed by atoms with E-state index in [4.69, 9.17) is 0 Å². The largest absolute Gasteiger partial charge is 0.432 e. The van der Waals surface area contributed by atoms with Gasteiger partial charge in [0.1, 0.15) is 22.9 Å². The standard InChI is InChI=1S/C26H21F7O/c1-2-3-4-14-7-15-5-6-16(9-17(15)8-14)18-10-20(27)24(21(28)11-18)26(32,33)34-19-12-22(29)25(31)23(30)13-19/h5-6,9-14H,2-4,7-8H2,1H3. The Kier molecular flexibility index (Phi) is 6.60. The average Bonchev–Trinajstić information content (AvgIpc) is 3.17. The Morgan fingerprint density at radius 2 is 1.41 bits per heavy atom. The second-order valence-corrected chi connectivity index (χ2v) is 8.53. The van der Waals surface area contributed by atoms with E-state index in [0.717, 1.165) is 49.8 Å². The van der Waals surface area contributed by atoms with Gasteiger partial charge >= 0.3 is 6.11 Å². The molecule has 0 bridgehead atoms. The lowest BCUT2D eigenvalue weighted by atomic mass is 9.98. The second-order valence-electron chi connectivity index (χ2n) is 8.53. The summed E-state index contributed by atoms with van der Waals surface area (Å²) in [4.78, 5) is 0. The summed E-state index contributed by atoms with van der Waals surface area (Å²) in [6, 6.07) is 7.22. The molecule has 4 rings (SSSR count). The van der Waals surface area contributed by atoms with Crippen molar-refractivity contribution in [3.05, 3.63) is 88.2 Å². The number of ether oxygens (including phenoxy) is 1. The Hall–Kier alpha value is -3.03. The first kappa shape index (κ1) is 24.1. The number of benzene rings is 3. The van der Waals surface area contributed by atoms with Gasteiger partial charge in [-0.2, -0.15) is 8.78 Å². The smallest absolute Gasteiger partial charge is 0.429 e. The van der Waals surface area contributed by atoms with Crippen LogP contribution < -0.4 is 4.74 Å². The van der Waals surface area contributed by atoms with Crippen LogP contribution in [-0.2, 0) is 19.0 Å². The monoisotopic (exact) mass is 482 g/mol. The van der Waals surface area contributed by atoms with Crippen LogP contribution in [0.5, 0.6) is 5.75 Å². The van der Waals surface area contributed by atoms with E-state index in [1.807, 2.05) is 12.1 Å². The van der Waals surface area contributed by atoms with Crippen LogP contribution in [0.4, 0.5) is 30.7 Å². The maximum absolute atomic E-state index is 14.7. The molecular formula is C26H21F7O. The van der Waals surface area contributed by atoms with Gasteiger partial charge in [-0.05, 0) is 59.6 Å². The maximum atomic E-state index is 14.7. The predicted octanol–water partition coefficient (Wildman–Crippen LogP) is 8.08. The molecule has 0 heterocycles. The van der Waals surface area contributed by atoms with E-state index in [1.54, 1.807) is 6.07 Å². The normalized spacial score (nSPS) is 15.5. The molecule has 0 aromatic heterocycles. The lowest BCUT2D eigenvalue weighted by Crippen LogP contribution is -2.25. The molecule has 1 aliphatic rings. The van der Waals surface area contributed by atoms with Gasteiger partial charge in [0, 0.05) is 12.1 Å². The van der Waals surface area contributed by atoms with Crippen molar-refractivity contribution in [1.82, 2.24) is 0 Å². The summed E-state index contributed by atoms with van der Waals surface area (Å²) < 4.78 is 102. The number of unbranched alkanes of at least 4 members (excludes halogenated alkanes) is 1. The molecule has 1 nitrogen and oxygen atoms in total. The van der Waals surface area contributed by atoms with Crippen LogP contribution in [0.3, 0.4) is 0 Å². The molecule has 180 valence electrons. The SMILES string of the molecule is CCCCC1Cc2ccc(-c3cc(F)c(C(F)(F)Oc4cc(F)c(F)c(F)c4)c(F)c3)cc2C1. The van der Waals surface area contributed by atoms with E-state index in [-0.39, 0.29) is 17.7 Å². The van der Waals surface area contributed by atoms with Crippen molar-refractivity contribution in [2.75, 3.05) is 0 Å². The fourth-order valence-corrected chi connectivity index (χ4v) is 4.39. The summed E-state index contributed by atoms with van der Waals surface area (Å²) in [6.07, 6.45) is 0.483. The minimum absolute atomic E-state index is 0.0632. The third-order valence-corrected chi connectivity index (χ3v) is 6.06. The van der Waals surface area contributed by atoms with E-state index in [0.29, 0.717) is 11.5 Å². The number of halogens is 7. The number of alkyl halides is 2. The topological polar surface area (TPSA) is 9.23 Å². The summed E-state index contributed by atoms with van der Waals surface area (Å²) >= 11 is 0. The van der Waals surface area contributed by atoms with E-state index < -0.39 is 46.5 Å². The number of rotatable bonds is 7. The van der Waals surface area contributed by atoms with Crippen LogP contribution in [0.25, 0.3) is 11.1 Å². The number of fused-ring (bicyclic) bond motifs is 1. The Morgan fingerprint density at radius 3 is 2.03 bits per heavy atom. The van der Waals surface area contributed by atoms with Crippen molar-refractivity contribution in [1.29, 1.82) is 0 Å². The van der Waals surface area contributed by atoms with Gasteiger partial charge in [-0.1, -0.05) is 38.0 Å². The molecular weight excluding hydrogens is 461 g/mol. The zero-order valence-electron chi connectivity index (χ0n) is 18.2. The fourth-order valence-electron chi connectivity index (χ4n) is 4.39. The highest BCUT2D eigenvalue weighted by molar-refractivity contribution is 5.66. The Bertz CT molecular complexity index is 1180. The van der Waals surface area contributed by atoms with Crippen LogP contribution in [0.2, 0.25) is 0 Å². The van der Waals surface area contributed by atoms with Crippen molar-refractivity contribution in [2.24, 2.45) is 5.92 Å². The summed E-state index contributed by atoms with van der Waals surface area (Å²) in [5.74, 6) is -9.25. The molecule has 0 amide bonds. The van der Waals surface area contributed by atoms with E-state index >= 15 is 0 Å². The molecule has 1 aliphatic carbocycles. The van der Waals surface area contributed by atoms with Gasteiger partial charge < -0.3 is 4.74 Å². The molecule has 1 unspecified atom stereocenters. The van der Waals surface area contributed by atoms with Gasteiger partial charge in [0.15, 0.2) is 17.5 Å². The lowest BCUT2D eigenvalue weighted by molar-refractivity contribution is -0.189. The number of hydrogen-bond acceptors (Lipinski definition) is 1. The molecule has 3 aromatic rings. The minimum Gasteiger partial charge on any atom is -0.429 e. The predicted molar refractivity (Wildman–Crippen MR) is 113 cm³/mol. The third kappa shape index (κ3) is 4.76. The van der Waals surface area contributed by atoms with Crippen LogP contribution in [0.1, 0.15) is 42.9 Å². The summed E-state index contributed by atoms with van der Waals surface area (Å²) in [6.45, 7) is 2.12. The van der Waals surface area contributed by atoms with Crippen molar-refractivity contribution in [3.63, 3.8) is 0 Å². The highest BCUT2D eigenvalue weighted by Gasteiger charge is 2.41. The van der Waals surface area contributed by atoms with Gasteiger partial charge in [0.25, 0.3) is 0 Å². The molecule has 0 aliphatic heterocycles. The second kappa shape index (κ2) is 9.31. The van der Waals surface area contributed by atoms with Crippen LogP contribution in [-0.4, -0.2) is 0 Å². The third-order valence-electron chi connectivity index (χ3n) is 6.06. The molecule has 8 heteroatoms. The maximum Gasteiger partial charge on any atom is 0.432 e. The molecule has 1 atom stereocenters. The van der Waals surface area contributed by atoms with Crippen molar-refractivity contribution >= 4 is 0 Å². The minimum atomic E-state index is -4.62. The Morgan fingerprint density at radius 1 is 0.794 bits per heavy atom. The molecule has 3 aromatic carbocycles. The quantitative estimate of drug-likeness (QED) is 0.244. The molecule has 0 spiro atoms. The summed E-state index contributed by atoms with van der Waals surface area (Å²) in [5, 5.41) is 0. The average molecular weight is 482 g/mol.